The van der Waals surface area contributed by atoms with Gasteiger partial charge < -0.3 is 15.2 Å². The second-order valence-corrected chi connectivity index (χ2v) is 5.73. The van der Waals surface area contributed by atoms with E-state index in [-0.39, 0.29) is 6.61 Å². The standard InChI is InChI=1S/C19H20FNO4/c1-12-10-15(8-9-16(12)20)17(19(23)24)21-18(22)13(2)25-11-14-6-4-3-5-7-14/h3-10,13,17H,11H2,1-2H3,(H,21,22)(H,23,24). The Bertz CT molecular complexity index is 748. The summed E-state index contributed by atoms with van der Waals surface area (Å²) >= 11 is 0. The molecule has 132 valence electrons. The molecular weight excluding hydrogens is 325 g/mol. The highest BCUT2D eigenvalue weighted by Gasteiger charge is 2.25. The Morgan fingerprint density at radius 1 is 1.20 bits per heavy atom. The lowest BCUT2D eigenvalue weighted by atomic mass is 10.0. The number of aryl methyl sites for hydroxylation is 1. The third-order valence-corrected chi connectivity index (χ3v) is 3.76. The van der Waals surface area contributed by atoms with Crippen LogP contribution in [0.25, 0.3) is 0 Å². The topological polar surface area (TPSA) is 75.6 Å². The molecule has 0 saturated heterocycles. The summed E-state index contributed by atoms with van der Waals surface area (Å²) in [7, 11) is 0. The van der Waals surface area contributed by atoms with Crippen LogP contribution >= 0.6 is 0 Å². The Kier molecular flexibility index (Phi) is 6.25. The molecule has 5 nitrogen and oxygen atoms in total. The van der Waals surface area contributed by atoms with Crippen molar-refractivity contribution >= 4 is 11.9 Å². The van der Waals surface area contributed by atoms with E-state index in [1.807, 2.05) is 30.3 Å². The van der Waals surface area contributed by atoms with Gasteiger partial charge in [-0.25, -0.2) is 9.18 Å². The molecule has 0 radical (unpaired) electrons. The van der Waals surface area contributed by atoms with Gasteiger partial charge in [0.1, 0.15) is 11.9 Å². The Labute approximate surface area is 145 Å². The van der Waals surface area contributed by atoms with E-state index >= 15 is 0 Å². The summed E-state index contributed by atoms with van der Waals surface area (Å²) in [5, 5.41) is 11.8. The van der Waals surface area contributed by atoms with Crippen molar-refractivity contribution in [2.75, 3.05) is 0 Å². The van der Waals surface area contributed by atoms with Gasteiger partial charge in [0.15, 0.2) is 6.04 Å². The number of amides is 1. The van der Waals surface area contributed by atoms with Gasteiger partial charge >= 0.3 is 5.97 Å². The monoisotopic (exact) mass is 345 g/mol. The maximum atomic E-state index is 13.4. The van der Waals surface area contributed by atoms with Crippen LogP contribution in [0, 0.1) is 12.7 Å². The van der Waals surface area contributed by atoms with Crippen LogP contribution in [0.1, 0.15) is 29.7 Å². The minimum absolute atomic E-state index is 0.239. The molecule has 0 aliphatic carbocycles. The van der Waals surface area contributed by atoms with Crippen LogP contribution in [0.3, 0.4) is 0 Å². The van der Waals surface area contributed by atoms with E-state index in [2.05, 4.69) is 5.32 Å². The molecule has 1 amide bonds. The number of carboxylic acids is 1. The number of nitrogens with one attached hydrogen (secondary N) is 1. The molecule has 0 fully saturated rings. The molecule has 2 aromatic rings. The highest BCUT2D eigenvalue weighted by molar-refractivity contribution is 5.86. The van der Waals surface area contributed by atoms with Crippen LogP contribution < -0.4 is 5.32 Å². The molecule has 25 heavy (non-hydrogen) atoms. The number of rotatable bonds is 7. The number of benzene rings is 2. The summed E-state index contributed by atoms with van der Waals surface area (Å²) in [5.41, 5.74) is 1.52. The van der Waals surface area contributed by atoms with Gasteiger partial charge in [-0.3, -0.25) is 4.79 Å². The molecule has 0 aliphatic rings. The van der Waals surface area contributed by atoms with Gasteiger partial charge in [-0.15, -0.1) is 0 Å². The fourth-order valence-electron chi connectivity index (χ4n) is 2.27. The number of carboxylic acid groups (broad SMARTS) is 1. The summed E-state index contributed by atoms with van der Waals surface area (Å²) in [6.07, 6.45) is -0.830. The number of halogens is 1. The molecule has 2 unspecified atom stereocenters. The van der Waals surface area contributed by atoms with E-state index in [0.29, 0.717) is 11.1 Å². The zero-order chi connectivity index (χ0) is 18.4. The second-order valence-electron chi connectivity index (χ2n) is 5.73. The quantitative estimate of drug-likeness (QED) is 0.809. The molecule has 2 N–H and O–H groups in total. The van der Waals surface area contributed by atoms with Crippen LogP contribution in [-0.4, -0.2) is 23.1 Å². The van der Waals surface area contributed by atoms with Crippen LogP contribution in [0.15, 0.2) is 48.5 Å². The first-order chi connectivity index (χ1) is 11.9. The summed E-state index contributed by atoms with van der Waals surface area (Å²) in [6.45, 7) is 3.32. The zero-order valence-corrected chi connectivity index (χ0v) is 14.0. The average molecular weight is 345 g/mol. The predicted octanol–water partition coefficient (Wildman–Crippen LogP) is 2.98. The molecule has 2 atom stereocenters. The van der Waals surface area contributed by atoms with E-state index in [1.165, 1.54) is 25.1 Å². The van der Waals surface area contributed by atoms with Crippen LogP contribution in [0.5, 0.6) is 0 Å². The van der Waals surface area contributed by atoms with E-state index in [9.17, 15) is 19.1 Å². The molecule has 0 spiro atoms. The van der Waals surface area contributed by atoms with Gasteiger partial charge in [0.25, 0.3) is 0 Å². The van der Waals surface area contributed by atoms with E-state index in [1.54, 1.807) is 6.92 Å². The largest absolute Gasteiger partial charge is 0.479 e. The lowest BCUT2D eigenvalue weighted by molar-refractivity contribution is -0.144. The first-order valence-corrected chi connectivity index (χ1v) is 7.83. The fourth-order valence-corrected chi connectivity index (χ4v) is 2.27. The molecule has 0 bridgehead atoms. The van der Waals surface area contributed by atoms with Gasteiger partial charge in [-0.2, -0.15) is 0 Å². The highest BCUT2D eigenvalue weighted by atomic mass is 19.1. The molecule has 0 heterocycles. The minimum Gasteiger partial charge on any atom is -0.479 e. The first-order valence-electron chi connectivity index (χ1n) is 7.83. The smallest absolute Gasteiger partial charge is 0.330 e. The number of hydrogen-bond acceptors (Lipinski definition) is 3. The molecular formula is C19H20FNO4. The SMILES string of the molecule is Cc1cc(C(NC(=O)C(C)OCc2ccccc2)C(=O)O)ccc1F. The summed E-state index contributed by atoms with van der Waals surface area (Å²) < 4.78 is 18.8. The third kappa shape index (κ3) is 5.12. The van der Waals surface area contributed by atoms with E-state index < -0.39 is 29.8 Å². The van der Waals surface area contributed by atoms with Crippen molar-refractivity contribution in [3.63, 3.8) is 0 Å². The minimum atomic E-state index is -1.27. The van der Waals surface area contributed by atoms with Crippen LogP contribution in [0.4, 0.5) is 4.39 Å². The predicted molar refractivity (Wildman–Crippen MR) is 90.3 cm³/mol. The molecule has 2 aromatic carbocycles. The van der Waals surface area contributed by atoms with Crippen LogP contribution in [0.2, 0.25) is 0 Å². The number of carbonyl (C=O) groups is 2. The van der Waals surface area contributed by atoms with E-state index in [4.69, 9.17) is 4.74 Å². The summed E-state index contributed by atoms with van der Waals surface area (Å²) in [4.78, 5) is 23.7. The lowest BCUT2D eigenvalue weighted by Crippen LogP contribution is -2.40. The average Bonchev–Trinajstić information content (AvgIpc) is 2.60. The van der Waals surface area contributed by atoms with Crippen LogP contribution in [-0.2, 0) is 20.9 Å². The molecule has 6 heteroatoms. The van der Waals surface area contributed by atoms with Gasteiger partial charge in [0.2, 0.25) is 5.91 Å². The maximum absolute atomic E-state index is 13.4. The zero-order valence-electron chi connectivity index (χ0n) is 14.0. The Hall–Kier alpha value is -2.73. The molecule has 0 aliphatic heterocycles. The van der Waals surface area contributed by atoms with Gasteiger partial charge in [0.05, 0.1) is 6.61 Å². The molecule has 0 saturated carbocycles. The number of hydrogen-bond donors (Lipinski definition) is 2. The lowest BCUT2D eigenvalue weighted by Gasteiger charge is -2.19. The molecule has 2 rings (SSSR count). The number of aliphatic carboxylic acids is 1. The first kappa shape index (κ1) is 18.6. The van der Waals surface area contributed by atoms with Crippen molar-refractivity contribution in [2.24, 2.45) is 0 Å². The maximum Gasteiger partial charge on any atom is 0.330 e. The normalized spacial score (nSPS) is 13.1. The number of carbonyl (C=O) groups excluding carboxylic acids is 1. The van der Waals surface area contributed by atoms with Crippen molar-refractivity contribution in [2.45, 2.75) is 32.6 Å². The van der Waals surface area contributed by atoms with Crippen molar-refractivity contribution in [1.29, 1.82) is 0 Å². The van der Waals surface area contributed by atoms with Crippen molar-refractivity contribution < 1.29 is 23.8 Å². The van der Waals surface area contributed by atoms with Gasteiger partial charge in [-0.05, 0) is 36.6 Å². The number of ether oxygens (including phenoxy) is 1. The second kappa shape index (κ2) is 8.39. The van der Waals surface area contributed by atoms with E-state index in [0.717, 1.165) is 5.56 Å². The Morgan fingerprint density at radius 3 is 2.48 bits per heavy atom. The molecule has 0 aromatic heterocycles. The highest BCUT2D eigenvalue weighted by Crippen LogP contribution is 2.18. The van der Waals surface area contributed by atoms with Gasteiger partial charge in [-0.1, -0.05) is 42.5 Å². The fraction of sp³-hybridized carbons (Fsp3) is 0.263. The third-order valence-electron chi connectivity index (χ3n) is 3.76. The van der Waals surface area contributed by atoms with Gasteiger partial charge in [0, 0.05) is 0 Å². The summed E-state index contributed by atoms with van der Waals surface area (Å²) in [6, 6.07) is 12.0. The Balaban J connectivity index is 2.01. The Morgan fingerprint density at radius 2 is 1.88 bits per heavy atom. The summed E-state index contributed by atoms with van der Waals surface area (Å²) in [5.74, 6) is -2.21. The van der Waals surface area contributed by atoms with Crippen molar-refractivity contribution in [1.82, 2.24) is 5.32 Å². The van der Waals surface area contributed by atoms with Crippen molar-refractivity contribution in [3.05, 3.63) is 71.0 Å². The van der Waals surface area contributed by atoms with Crippen molar-refractivity contribution in [3.8, 4) is 0 Å².